The first-order chi connectivity index (χ1) is 12.8. The van der Waals surface area contributed by atoms with E-state index in [1.165, 1.54) is 19.3 Å². The molecular weight excluding hydrogens is 328 g/mol. The van der Waals surface area contributed by atoms with Crippen LogP contribution in [0.4, 0.5) is 0 Å². The number of morpholine rings is 1. The van der Waals surface area contributed by atoms with Crippen molar-refractivity contribution in [2.45, 2.75) is 52.0 Å². The number of hydrogen-bond donors (Lipinski definition) is 1. The van der Waals surface area contributed by atoms with Gasteiger partial charge in [0.05, 0.1) is 13.2 Å². The Labute approximate surface area is 158 Å². The lowest BCUT2D eigenvalue weighted by Crippen LogP contribution is -2.38. The largest absolute Gasteiger partial charge is 0.492 e. The van der Waals surface area contributed by atoms with Gasteiger partial charge < -0.3 is 14.8 Å². The molecule has 1 aliphatic heterocycles. The van der Waals surface area contributed by atoms with Crippen LogP contribution in [0, 0.1) is 0 Å². The normalized spacial score (nSPS) is 15.0. The summed E-state index contributed by atoms with van der Waals surface area (Å²) < 4.78 is 11.2. The maximum absolute atomic E-state index is 11.9. The van der Waals surface area contributed by atoms with Gasteiger partial charge in [0.2, 0.25) is 5.91 Å². The van der Waals surface area contributed by atoms with Gasteiger partial charge in [-0.2, -0.15) is 0 Å². The maximum Gasteiger partial charge on any atom is 0.220 e. The molecule has 146 valence electrons. The van der Waals surface area contributed by atoms with E-state index in [0.29, 0.717) is 19.6 Å². The van der Waals surface area contributed by atoms with Crippen molar-refractivity contribution in [3.8, 4) is 5.75 Å². The summed E-state index contributed by atoms with van der Waals surface area (Å²) in [5.41, 5.74) is 1.08. The summed E-state index contributed by atoms with van der Waals surface area (Å²) in [5.74, 6) is 1.00. The van der Waals surface area contributed by atoms with E-state index in [0.717, 1.165) is 57.0 Å². The number of rotatable bonds is 12. The molecule has 0 unspecified atom stereocenters. The van der Waals surface area contributed by atoms with Gasteiger partial charge in [0.25, 0.3) is 0 Å². The van der Waals surface area contributed by atoms with Gasteiger partial charge in [-0.05, 0) is 24.1 Å². The number of nitrogens with one attached hydrogen (secondary N) is 1. The fourth-order valence-corrected chi connectivity index (χ4v) is 3.04. The van der Waals surface area contributed by atoms with Crippen LogP contribution in [0.5, 0.6) is 5.75 Å². The number of nitrogens with zero attached hydrogens (tertiary/aromatic N) is 1. The highest BCUT2D eigenvalue weighted by Gasteiger charge is 2.09. The van der Waals surface area contributed by atoms with Gasteiger partial charge in [-0.1, -0.05) is 44.7 Å². The van der Waals surface area contributed by atoms with Crippen molar-refractivity contribution in [2.75, 3.05) is 39.5 Å². The minimum atomic E-state index is 0.139. The molecule has 1 aliphatic rings. The van der Waals surface area contributed by atoms with Gasteiger partial charge in [0.1, 0.15) is 12.4 Å². The zero-order valence-corrected chi connectivity index (χ0v) is 16.2. The SMILES string of the molecule is CCCCCCCC(=O)NCc1cccc(OCCN2CCOCC2)c1. The van der Waals surface area contributed by atoms with Crippen molar-refractivity contribution in [3.63, 3.8) is 0 Å². The Kier molecular flexibility index (Phi) is 10.1. The Morgan fingerprint density at radius 3 is 2.81 bits per heavy atom. The zero-order valence-electron chi connectivity index (χ0n) is 16.2. The first-order valence-corrected chi connectivity index (χ1v) is 10.1. The van der Waals surface area contributed by atoms with Gasteiger partial charge in [0, 0.05) is 32.6 Å². The van der Waals surface area contributed by atoms with Crippen LogP contribution < -0.4 is 10.1 Å². The molecule has 0 saturated carbocycles. The van der Waals surface area contributed by atoms with Crippen LogP contribution >= 0.6 is 0 Å². The number of ether oxygens (including phenoxy) is 2. The molecule has 5 nitrogen and oxygen atoms in total. The van der Waals surface area contributed by atoms with Crippen molar-refractivity contribution < 1.29 is 14.3 Å². The van der Waals surface area contributed by atoms with Crippen LogP contribution in [0.3, 0.4) is 0 Å². The summed E-state index contributed by atoms with van der Waals surface area (Å²) in [6.07, 6.45) is 6.48. The Morgan fingerprint density at radius 2 is 2.00 bits per heavy atom. The molecule has 1 aromatic carbocycles. The molecule has 0 aliphatic carbocycles. The van der Waals surface area contributed by atoms with Crippen molar-refractivity contribution in [1.82, 2.24) is 10.2 Å². The van der Waals surface area contributed by atoms with E-state index >= 15 is 0 Å². The smallest absolute Gasteiger partial charge is 0.220 e. The second-order valence-electron chi connectivity index (χ2n) is 6.89. The average molecular weight is 363 g/mol. The number of benzene rings is 1. The third-order valence-electron chi connectivity index (χ3n) is 4.68. The van der Waals surface area contributed by atoms with Gasteiger partial charge in [-0.15, -0.1) is 0 Å². The molecule has 26 heavy (non-hydrogen) atoms. The molecule has 1 N–H and O–H groups in total. The van der Waals surface area contributed by atoms with Crippen LogP contribution in [0.15, 0.2) is 24.3 Å². The first kappa shape index (κ1) is 20.7. The van der Waals surface area contributed by atoms with Gasteiger partial charge in [0.15, 0.2) is 0 Å². The van der Waals surface area contributed by atoms with Crippen LogP contribution in [0.2, 0.25) is 0 Å². The fraction of sp³-hybridized carbons (Fsp3) is 0.667. The van der Waals surface area contributed by atoms with Crippen LogP contribution in [-0.4, -0.2) is 50.3 Å². The van der Waals surface area contributed by atoms with E-state index in [1.54, 1.807) is 0 Å². The number of amides is 1. The third kappa shape index (κ3) is 8.68. The quantitative estimate of drug-likeness (QED) is 0.579. The zero-order chi connectivity index (χ0) is 18.5. The molecule has 1 fully saturated rings. The number of unbranched alkanes of at least 4 members (excludes halogenated alkanes) is 4. The lowest BCUT2D eigenvalue weighted by molar-refractivity contribution is -0.121. The summed E-state index contributed by atoms with van der Waals surface area (Å²) in [5, 5.41) is 3.01. The predicted molar refractivity (Wildman–Crippen MR) is 104 cm³/mol. The molecule has 0 atom stereocenters. The molecule has 0 spiro atoms. The Balaban J connectivity index is 1.62. The van der Waals surface area contributed by atoms with E-state index < -0.39 is 0 Å². The predicted octanol–water partition coefficient (Wildman–Crippen LogP) is 3.37. The topological polar surface area (TPSA) is 50.8 Å². The van der Waals surface area contributed by atoms with E-state index in [9.17, 15) is 4.79 Å². The summed E-state index contributed by atoms with van der Waals surface area (Å²) in [4.78, 5) is 14.3. The molecule has 0 radical (unpaired) electrons. The van der Waals surface area contributed by atoms with Crippen molar-refractivity contribution >= 4 is 5.91 Å². The molecule has 1 amide bonds. The number of hydrogen-bond acceptors (Lipinski definition) is 4. The number of carbonyl (C=O) groups is 1. The van der Waals surface area contributed by atoms with Crippen molar-refractivity contribution in [1.29, 1.82) is 0 Å². The highest BCUT2D eigenvalue weighted by Crippen LogP contribution is 2.13. The van der Waals surface area contributed by atoms with Gasteiger partial charge >= 0.3 is 0 Å². The average Bonchev–Trinajstić information content (AvgIpc) is 2.67. The first-order valence-electron chi connectivity index (χ1n) is 10.1. The van der Waals surface area contributed by atoms with E-state index in [2.05, 4.69) is 17.1 Å². The van der Waals surface area contributed by atoms with Gasteiger partial charge in [-0.25, -0.2) is 0 Å². The van der Waals surface area contributed by atoms with Crippen molar-refractivity contribution in [2.24, 2.45) is 0 Å². The Morgan fingerprint density at radius 1 is 1.19 bits per heavy atom. The molecule has 1 heterocycles. The third-order valence-corrected chi connectivity index (χ3v) is 4.68. The second kappa shape index (κ2) is 12.7. The molecule has 0 aromatic heterocycles. The second-order valence-corrected chi connectivity index (χ2v) is 6.89. The maximum atomic E-state index is 11.9. The van der Waals surface area contributed by atoms with E-state index in [4.69, 9.17) is 9.47 Å². The van der Waals surface area contributed by atoms with E-state index in [-0.39, 0.29) is 5.91 Å². The monoisotopic (exact) mass is 362 g/mol. The molecule has 0 bridgehead atoms. The molecular formula is C21H34N2O3. The summed E-state index contributed by atoms with van der Waals surface area (Å²) in [6.45, 7) is 7.95. The Bertz CT molecular complexity index is 516. The molecule has 1 aromatic rings. The van der Waals surface area contributed by atoms with Crippen molar-refractivity contribution in [3.05, 3.63) is 29.8 Å². The minimum absolute atomic E-state index is 0.139. The van der Waals surface area contributed by atoms with Crippen LogP contribution in [-0.2, 0) is 16.1 Å². The highest BCUT2D eigenvalue weighted by atomic mass is 16.5. The molecule has 5 heteroatoms. The summed E-state index contributed by atoms with van der Waals surface area (Å²) >= 11 is 0. The van der Waals surface area contributed by atoms with Crippen LogP contribution in [0.25, 0.3) is 0 Å². The summed E-state index contributed by atoms with van der Waals surface area (Å²) in [6, 6.07) is 7.99. The van der Waals surface area contributed by atoms with E-state index in [1.807, 2.05) is 24.3 Å². The lowest BCUT2D eigenvalue weighted by atomic mass is 10.1. The highest BCUT2D eigenvalue weighted by molar-refractivity contribution is 5.75. The summed E-state index contributed by atoms with van der Waals surface area (Å²) in [7, 11) is 0. The Hall–Kier alpha value is -1.59. The standard InChI is InChI=1S/C21H34N2O3/c1-2-3-4-5-6-10-21(24)22-18-19-8-7-9-20(17-19)26-16-13-23-11-14-25-15-12-23/h7-9,17H,2-6,10-16,18H2,1H3,(H,22,24). The molecule has 1 saturated heterocycles. The fourth-order valence-electron chi connectivity index (χ4n) is 3.04. The van der Waals surface area contributed by atoms with Crippen LogP contribution in [0.1, 0.15) is 51.0 Å². The molecule has 2 rings (SSSR count). The minimum Gasteiger partial charge on any atom is -0.492 e. The lowest BCUT2D eigenvalue weighted by Gasteiger charge is -2.26. The number of carbonyl (C=O) groups excluding carboxylic acids is 1. The van der Waals surface area contributed by atoms with Gasteiger partial charge in [-0.3, -0.25) is 9.69 Å².